The predicted molar refractivity (Wildman–Crippen MR) is 73.0 cm³/mol. The summed E-state index contributed by atoms with van der Waals surface area (Å²) in [5.74, 6) is 1.46. The zero-order valence-electron chi connectivity index (χ0n) is 10.7. The minimum absolute atomic E-state index is 0.717. The lowest BCUT2D eigenvalue weighted by atomic mass is 10.2. The van der Waals surface area contributed by atoms with Crippen molar-refractivity contribution < 1.29 is 9.47 Å². The zero-order valence-corrected chi connectivity index (χ0v) is 11.5. The number of benzene rings is 1. The summed E-state index contributed by atoms with van der Waals surface area (Å²) >= 11 is 5.23. The van der Waals surface area contributed by atoms with Crippen LogP contribution in [0, 0.1) is 11.7 Å². The number of H-pyrrole nitrogens is 1. The van der Waals surface area contributed by atoms with E-state index in [-0.39, 0.29) is 0 Å². The third-order valence-electron chi connectivity index (χ3n) is 2.86. The van der Waals surface area contributed by atoms with Gasteiger partial charge in [-0.05, 0) is 36.8 Å². The second-order valence-electron chi connectivity index (χ2n) is 4.01. The Morgan fingerprint density at radius 2 is 1.94 bits per heavy atom. The minimum atomic E-state index is 0.717. The smallest absolute Gasteiger partial charge is 0.177 e. The fourth-order valence-electron chi connectivity index (χ4n) is 1.84. The van der Waals surface area contributed by atoms with Crippen LogP contribution in [0.25, 0.3) is 0 Å². The van der Waals surface area contributed by atoms with Gasteiger partial charge >= 0.3 is 0 Å². The van der Waals surface area contributed by atoms with Gasteiger partial charge in [-0.1, -0.05) is 6.07 Å². The average Bonchev–Trinajstić information content (AvgIpc) is 2.70. The number of methoxy groups -OCH3 is 2. The van der Waals surface area contributed by atoms with E-state index in [0.29, 0.717) is 6.54 Å². The Kier molecular flexibility index (Phi) is 3.72. The Bertz CT molecular complexity index is 601. The van der Waals surface area contributed by atoms with Gasteiger partial charge in [0.1, 0.15) is 0 Å². The number of aromatic amines is 1. The molecule has 0 saturated heterocycles. The number of nitrogens with zero attached hydrogens (tertiary/aromatic N) is 1. The van der Waals surface area contributed by atoms with Crippen LogP contribution in [0.2, 0.25) is 0 Å². The van der Waals surface area contributed by atoms with Crippen molar-refractivity contribution in [2.75, 3.05) is 14.2 Å². The van der Waals surface area contributed by atoms with Crippen molar-refractivity contribution in [3.05, 3.63) is 40.4 Å². The first-order valence-corrected chi connectivity index (χ1v) is 6.02. The van der Waals surface area contributed by atoms with Crippen LogP contribution in [0.15, 0.2) is 24.4 Å². The Labute approximate surface area is 111 Å². The average molecular weight is 264 g/mol. The number of hydrogen-bond donors (Lipinski definition) is 1. The van der Waals surface area contributed by atoms with E-state index in [2.05, 4.69) is 4.98 Å². The van der Waals surface area contributed by atoms with Gasteiger partial charge in [-0.25, -0.2) is 0 Å². The molecule has 5 heteroatoms. The van der Waals surface area contributed by atoms with Crippen molar-refractivity contribution in [3.63, 3.8) is 0 Å². The summed E-state index contributed by atoms with van der Waals surface area (Å²) in [6.07, 6.45) is 1.91. The fraction of sp³-hybridized carbons (Fsp3) is 0.308. The monoisotopic (exact) mass is 264 g/mol. The van der Waals surface area contributed by atoms with Crippen molar-refractivity contribution in [1.82, 2.24) is 9.55 Å². The molecule has 0 unspecified atom stereocenters. The number of nitrogens with one attached hydrogen (secondary N) is 1. The Morgan fingerprint density at radius 3 is 2.50 bits per heavy atom. The number of aromatic nitrogens is 2. The van der Waals surface area contributed by atoms with Gasteiger partial charge in [0, 0.05) is 11.9 Å². The van der Waals surface area contributed by atoms with Crippen LogP contribution in [0.3, 0.4) is 0 Å². The largest absolute Gasteiger partial charge is 0.493 e. The summed E-state index contributed by atoms with van der Waals surface area (Å²) in [5.41, 5.74) is 2.22. The molecule has 0 aliphatic carbocycles. The van der Waals surface area contributed by atoms with Gasteiger partial charge in [-0.3, -0.25) is 0 Å². The van der Waals surface area contributed by atoms with E-state index >= 15 is 0 Å². The zero-order chi connectivity index (χ0) is 13.1. The van der Waals surface area contributed by atoms with E-state index in [4.69, 9.17) is 21.7 Å². The van der Waals surface area contributed by atoms with Crippen LogP contribution in [0.4, 0.5) is 0 Å². The number of hydrogen-bond acceptors (Lipinski definition) is 3. The van der Waals surface area contributed by atoms with Crippen molar-refractivity contribution in [2.45, 2.75) is 13.5 Å². The van der Waals surface area contributed by atoms with E-state index in [1.807, 2.05) is 35.9 Å². The predicted octanol–water partition coefficient (Wildman–Crippen LogP) is 2.92. The molecule has 0 saturated carbocycles. The lowest BCUT2D eigenvalue weighted by molar-refractivity contribution is 0.354. The standard InChI is InChI=1S/C13H16N2O2S/c1-9-7-14-13(18)15(9)8-10-4-5-11(16-2)12(6-10)17-3/h4-7H,8H2,1-3H3,(H,14,18). The lowest BCUT2D eigenvalue weighted by Crippen LogP contribution is -2.02. The molecule has 2 rings (SSSR count). The molecule has 1 aromatic carbocycles. The normalized spacial score (nSPS) is 10.4. The van der Waals surface area contributed by atoms with Gasteiger partial charge in [0.25, 0.3) is 0 Å². The molecule has 96 valence electrons. The summed E-state index contributed by atoms with van der Waals surface area (Å²) in [5, 5.41) is 0. The molecule has 4 nitrogen and oxygen atoms in total. The van der Waals surface area contributed by atoms with Crippen LogP contribution in [-0.4, -0.2) is 23.8 Å². The van der Waals surface area contributed by atoms with Crippen molar-refractivity contribution in [3.8, 4) is 11.5 Å². The highest BCUT2D eigenvalue weighted by atomic mass is 32.1. The van der Waals surface area contributed by atoms with Gasteiger partial charge in [-0.15, -0.1) is 0 Å². The highest BCUT2D eigenvalue weighted by molar-refractivity contribution is 7.71. The van der Waals surface area contributed by atoms with Crippen molar-refractivity contribution in [1.29, 1.82) is 0 Å². The summed E-state index contributed by atoms with van der Waals surface area (Å²) in [6, 6.07) is 5.88. The molecule has 18 heavy (non-hydrogen) atoms. The van der Waals surface area contributed by atoms with E-state index in [0.717, 1.165) is 27.5 Å². The molecule has 2 aromatic rings. The number of aryl methyl sites for hydroxylation is 1. The molecule has 1 heterocycles. The van der Waals surface area contributed by atoms with Gasteiger partial charge < -0.3 is 19.0 Å². The number of ether oxygens (including phenoxy) is 2. The third kappa shape index (κ3) is 2.41. The first-order chi connectivity index (χ1) is 8.65. The van der Waals surface area contributed by atoms with E-state index in [9.17, 15) is 0 Å². The summed E-state index contributed by atoms with van der Waals surface area (Å²) in [4.78, 5) is 3.03. The highest BCUT2D eigenvalue weighted by Gasteiger charge is 2.06. The number of imidazole rings is 1. The van der Waals surface area contributed by atoms with Crippen molar-refractivity contribution >= 4 is 12.2 Å². The third-order valence-corrected chi connectivity index (χ3v) is 3.20. The van der Waals surface area contributed by atoms with E-state index in [1.54, 1.807) is 14.2 Å². The van der Waals surface area contributed by atoms with Crippen LogP contribution in [0.1, 0.15) is 11.3 Å². The topological polar surface area (TPSA) is 39.2 Å². The van der Waals surface area contributed by atoms with Gasteiger partial charge in [0.15, 0.2) is 16.3 Å². The summed E-state index contributed by atoms with van der Waals surface area (Å²) in [7, 11) is 3.26. The van der Waals surface area contributed by atoms with Crippen LogP contribution in [-0.2, 0) is 6.54 Å². The Balaban J connectivity index is 2.33. The Morgan fingerprint density at radius 1 is 1.22 bits per heavy atom. The molecular formula is C13H16N2O2S. The van der Waals surface area contributed by atoms with Crippen molar-refractivity contribution in [2.24, 2.45) is 0 Å². The second-order valence-corrected chi connectivity index (χ2v) is 4.40. The van der Waals surface area contributed by atoms with Gasteiger partial charge in [0.05, 0.1) is 20.8 Å². The maximum Gasteiger partial charge on any atom is 0.177 e. The molecule has 0 spiro atoms. The van der Waals surface area contributed by atoms with Gasteiger partial charge in [-0.2, -0.15) is 0 Å². The molecule has 0 radical (unpaired) electrons. The van der Waals surface area contributed by atoms with Crippen LogP contribution >= 0.6 is 12.2 Å². The SMILES string of the molecule is COc1ccc(Cn2c(C)c[nH]c2=S)cc1OC. The van der Waals surface area contributed by atoms with Crippen LogP contribution in [0.5, 0.6) is 11.5 Å². The maximum absolute atomic E-state index is 5.29. The first-order valence-electron chi connectivity index (χ1n) is 5.61. The highest BCUT2D eigenvalue weighted by Crippen LogP contribution is 2.27. The van der Waals surface area contributed by atoms with Gasteiger partial charge in [0.2, 0.25) is 0 Å². The molecule has 1 N–H and O–H groups in total. The summed E-state index contributed by atoms with van der Waals surface area (Å²) in [6.45, 7) is 2.74. The molecule has 0 aliphatic rings. The molecular weight excluding hydrogens is 248 g/mol. The van der Waals surface area contributed by atoms with E-state index < -0.39 is 0 Å². The summed E-state index contributed by atoms with van der Waals surface area (Å²) < 4.78 is 13.3. The quantitative estimate of drug-likeness (QED) is 0.863. The number of rotatable bonds is 4. The molecule has 0 fully saturated rings. The van der Waals surface area contributed by atoms with E-state index in [1.165, 1.54) is 0 Å². The molecule has 0 bridgehead atoms. The Hall–Kier alpha value is -1.75. The lowest BCUT2D eigenvalue weighted by Gasteiger charge is -2.10. The maximum atomic E-state index is 5.29. The first kappa shape index (κ1) is 12.7. The fourth-order valence-corrected chi connectivity index (χ4v) is 2.11. The minimum Gasteiger partial charge on any atom is -0.493 e. The molecule has 0 aliphatic heterocycles. The second kappa shape index (κ2) is 5.27. The van der Waals surface area contributed by atoms with Crippen LogP contribution < -0.4 is 9.47 Å². The molecule has 0 atom stereocenters. The molecule has 1 aromatic heterocycles. The molecule has 0 amide bonds.